The molecular formula is C11H17N5O4S. The summed E-state index contributed by atoms with van der Waals surface area (Å²) in [5, 5.41) is 0. The van der Waals surface area contributed by atoms with Crippen LogP contribution >= 0.6 is 0 Å². The van der Waals surface area contributed by atoms with Crippen molar-refractivity contribution in [2.75, 3.05) is 43.9 Å². The van der Waals surface area contributed by atoms with E-state index in [-0.39, 0.29) is 13.1 Å². The van der Waals surface area contributed by atoms with Crippen molar-refractivity contribution in [3.8, 4) is 0 Å². The fourth-order valence-electron chi connectivity index (χ4n) is 1.95. The Morgan fingerprint density at radius 1 is 1.33 bits per heavy atom. The highest BCUT2D eigenvalue weighted by molar-refractivity contribution is 7.87. The molecule has 1 saturated heterocycles. The zero-order chi connectivity index (χ0) is 15.5. The molecule has 1 aliphatic rings. The second-order valence-electron chi connectivity index (χ2n) is 4.43. The first-order valence-corrected chi connectivity index (χ1v) is 7.68. The van der Waals surface area contributed by atoms with Gasteiger partial charge in [-0.25, -0.2) is 14.5 Å². The molecule has 0 atom stereocenters. The van der Waals surface area contributed by atoms with Crippen molar-refractivity contribution < 1.29 is 17.9 Å². The van der Waals surface area contributed by atoms with Crippen molar-refractivity contribution in [1.29, 1.82) is 0 Å². The van der Waals surface area contributed by atoms with Gasteiger partial charge in [0.05, 0.1) is 19.0 Å². The Kier molecular flexibility index (Phi) is 4.48. The maximum absolute atomic E-state index is 11.9. The summed E-state index contributed by atoms with van der Waals surface area (Å²) in [4.78, 5) is 17.2. The molecule has 0 radical (unpaired) electrons. The average Bonchev–Trinajstić information content (AvgIpc) is 2.47. The van der Waals surface area contributed by atoms with Crippen molar-refractivity contribution in [3.63, 3.8) is 0 Å². The lowest BCUT2D eigenvalue weighted by Gasteiger charge is -2.34. The Labute approximate surface area is 122 Å². The summed E-state index contributed by atoms with van der Waals surface area (Å²) < 4.78 is 31.1. The summed E-state index contributed by atoms with van der Waals surface area (Å²) in [5.41, 5.74) is 6.15. The van der Waals surface area contributed by atoms with Crippen LogP contribution in [-0.2, 0) is 14.9 Å². The van der Waals surface area contributed by atoms with Crippen LogP contribution in [0.2, 0.25) is 0 Å². The lowest BCUT2D eigenvalue weighted by atomic mass is 10.3. The van der Waals surface area contributed by atoms with Gasteiger partial charge in [0.2, 0.25) is 0 Å². The van der Waals surface area contributed by atoms with Crippen LogP contribution in [0.25, 0.3) is 0 Å². The molecule has 0 saturated carbocycles. The summed E-state index contributed by atoms with van der Waals surface area (Å²) in [6, 6.07) is 3.52. The molecule has 1 aliphatic heterocycles. The molecule has 3 N–H and O–H groups in total. The van der Waals surface area contributed by atoms with Crippen LogP contribution in [-0.4, -0.2) is 57.1 Å². The van der Waals surface area contributed by atoms with Crippen molar-refractivity contribution in [3.05, 3.63) is 18.3 Å². The quantitative estimate of drug-likeness (QED) is 0.763. The molecule has 1 amide bonds. The molecule has 21 heavy (non-hydrogen) atoms. The van der Waals surface area contributed by atoms with E-state index in [0.29, 0.717) is 18.8 Å². The first kappa shape index (κ1) is 15.3. The van der Waals surface area contributed by atoms with Gasteiger partial charge in [0.1, 0.15) is 5.82 Å². The molecule has 0 aromatic carbocycles. The van der Waals surface area contributed by atoms with Gasteiger partial charge >= 0.3 is 16.3 Å². The number of hydrogen-bond acceptors (Lipinski definition) is 7. The number of carbonyl (C=O) groups is 1. The number of aromatic nitrogens is 1. The Balaban J connectivity index is 1.97. The smallest absolute Gasteiger partial charge is 0.421 e. The third kappa shape index (κ3) is 3.73. The first-order chi connectivity index (χ1) is 9.92. The number of amides is 1. The minimum atomic E-state index is -3.87. The van der Waals surface area contributed by atoms with Gasteiger partial charge in [-0.1, -0.05) is 0 Å². The molecule has 9 nitrogen and oxygen atoms in total. The van der Waals surface area contributed by atoms with Gasteiger partial charge in [-0.15, -0.1) is 0 Å². The zero-order valence-corrected chi connectivity index (χ0v) is 12.3. The molecule has 2 heterocycles. The Hall–Kier alpha value is -2.07. The van der Waals surface area contributed by atoms with E-state index >= 15 is 0 Å². The fourth-order valence-corrected chi connectivity index (χ4v) is 3.02. The summed E-state index contributed by atoms with van der Waals surface area (Å²) in [7, 11) is -2.76. The summed E-state index contributed by atoms with van der Waals surface area (Å²) in [6.07, 6.45) is 0.551. The van der Waals surface area contributed by atoms with Crippen LogP contribution in [0.1, 0.15) is 0 Å². The average molecular weight is 315 g/mol. The highest BCUT2D eigenvalue weighted by Crippen LogP contribution is 2.15. The number of nitrogens with zero attached hydrogens (tertiary/aromatic N) is 3. The van der Waals surface area contributed by atoms with Crippen LogP contribution in [0.4, 0.5) is 16.3 Å². The molecule has 1 fully saturated rings. The predicted molar refractivity (Wildman–Crippen MR) is 76.9 cm³/mol. The lowest BCUT2D eigenvalue weighted by molar-refractivity contribution is 0.177. The molecule has 0 bridgehead atoms. The van der Waals surface area contributed by atoms with Crippen molar-refractivity contribution in [2.24, 2.45) is 0 Å². The minimum Gasteiger partial charge on any atom is -0.452 e. The second-order valence-corrected chi connectivity index (χ2v) is 6.11. The lowest BCUT2D eigenvalue weighted by Crippen LogP contribution is -2.53. The Bertz CT molecular complexity index is 596. The normalized spacial score (nSPS) is 16.5. The standard InChI is InChI=1S/C11H17N5O4S/c1-20-11(17)14-21(18,19)16-6-4-15(5-7-16)10-3-2-9(12)8-13-10/h2-3,8H,4-7,12H2,1H3,(H,14,17). The molecule has 2 rings (SSSR count). The fraction of sp³-hybridized carbons (Fsp3) is 0.455. The van der Waals surface area contributed by atoms with Gasteiger partial charge in [-0.05, 0) is 12.1 Å². The van der Waals surface area contributed by atoms with E-state index in [1.165, 1.54) is 4.31 Å². The third-order valence-corrected chi connectivity index (χ3v) is 4.54. The zero-order valence-electron chi connectivity index (χ0n) is 11.5. The first-order valence-electron chi connectivity index (χ1n) is 6.24. The van der Waals surface area contributed by atoms with Gasteiger partial charge in [-0.3, -0.25) is 0 Å². The number of pyridine rings is 1. The van der Waals surface area contributed by atoms with E-state index < -0.39 is 16.3 Å². The Morgan fingerprint density at radius 2 is 2.00 bits per heavy atom. The molecule has 0 unspecified atom stereocenters. The molecule has 10 heteroatoms. The van der Waals surface area contributed by atoms with E-state index in [1.54, 1.807) is 18.3 Å². The molecular weight excluding hydrogens is 298 g/mol. The van der Waals surface area contributed by atoms with Crippen LogP contribution in [0.3, 0.4) is 0 Å². The highest BCUT2D eigenvalue weighted by Gasteiger charge is 2.28. The van der Waals surface area contributed by atoms with E-state index in [1.807, 2.05) is 9.62 Å². The number of nitrogens with two attached hydrogens (primary N) is 1. The van der Waals surface area contributed by atoms with Gasteiger partial charge < -0.3 is 15.4 Å². The maximum atomic E-state index is 11.9. The van der Waals surface area contributed by atoms with Gasteiger partial charge in [-0.2, -0.15) is 12.7 Å². The molecule has 0 spiro atoms. The Morgan fingerprint density at radius 3 is 2.52 bits per heavy atom. The number of carbonyl (C=O) groups excluding carboxylic acids is 1. The number of nitrogen functional groups attached to an aromatic ring is 1. The van der Waals surface area contributed by atoms with Crippen molar-refractivity contribution in [2.45, 2.75) is 0 Å². The number of hydrogen-bond donors (Lipinski definition) is 2. The van der Waals surface area contributed by atoms with Crippen molar-refractivity contribution >= 4 is 27.8 Å². The van der Waals surface area contributed by atoms with Gasteiger partial charge in [0.15, 0.2) is 0 Å². The topological polar surface area (TPSA) is 118 Å². The number of anilines is 2. The number of piperazine rings is 1. The molecule has 1 aromatic heterocycles. The van der Waals surface area contributed by atoms with Crippen LogP contribution in [0.5, 0.6) is 0 Å². The third-order valence-electron chi connectivity index (χ3n) is 3.07. The number of rotatable bonds is 3. The van der Waals surface area contributed by atoms with Crippen LogP contribution in [0, 0.1) is 0 Å². The monoisotopic (exact) mass is 315 g/mol. The van der Waals surface area contributed by atoms with E-state index in [9.17, 15) is 13.2 Å². The van der Waals surface area contributed by atoms with E-state index in [2.05, 4.69) is 9.72 Å². The van der Waals surface area contributed by atoms with Gasteiger partial charge in [0.25, 0.3) is 0 Å². The SMILES string of the molecule is COC(=O)NS(=O)(=O)N1CCN(c2ccc(N)cn2)CC1. The maximum Gasteiger partial charge on any atom is 0.421 e. The van der Waals surface area contributed by atoms with Gasteiger partial charge in [0, 0.05) is 26.2 Å². The molecule has 1 aromatic rings. The molecule has 0 aliphatic carbocycles. The van der Waals surface area contributed by atoms with E-state index in [0.717, 1.165) is 12.9 Å². The number of nitrogens with one attached hydrogen (secondary N) is 1. The predicted octanol–water partition coefficient (Wildman–Crippen LogP) is -0.613. The number of ether oxygens (including phenoxy) is 1. The second kappa shape index (κ2) is 6.14. The number of methoxy groups -OCH3 is 1. The minimum absolute atomic E-state index is 0.248. The largest absolute Gasteiger partial charge is 0.452 e. The summed E-state index contributed by atoms with van der Waals surface area (Å²) >= 11 is 0. The van der Waals surface area contributed by atoms with Crippen molar-refractivity contribution in [1.82, 2.24) is 14.0 Å². The summed E-state index contributed by atoms with van der Waals surface area (Å²) in [5.74, 6) is 0.738. The highest BCUT2D eigenvalue weighted by atomic mass is 32.2. The van der Waals surface area contributed by atoms with Crippen LogP contribution < -0.4 is 15.4 Å². The molecule has 116 valence electrons. The van der Waals surface area contributed by atoms with Crippen LogP contribution in [0.15, 0.2) is 18.3 Å². The van der Waals surface area contributed by atoms with E-state index in [4.69, 9.17) is 5.73 Å². The summed E-state index contributed by atoms with van der Waals surface area (Å²) in [6.45, 7) is 1.44.